The number of aryl methyl sites for hydroxylation is 3. The monoisotopic (exact) mass is 1870 g/mol. The molecule has 0 radical (unpaired) electrons. The number of nitrogens with two attached hydrogens (primary N) is 1. The van der Waals surface area contributed by atoms with Gasteiger partial charge in [0.2, 0.25) is 64.9 Å². The Kier molecular flexibility index (Phi) is 33.2. The normalized spacial score (nSPS) is 15.1. The molecule has 3 aliphatic heterocycles. The van der Waals surface area contributed by atoms with Crippen molar-refractivity contribution in [3.8, 4) is 11.3 Å². The largest absolute Gasteiger partial charge is 0.440 e. The number of aromatic nitrogens is 8. The smallest absolute Gasteiger partial charge is 0.239 e. The molecule has 11 heterocycles. The third kappa shape index (κ3) is 26.6. The van der Waals surface area contributed by atoms with Gasteiger partial charge in [0, 0.05) is 130 Å². The lowest BCUT2D eigenvalue weighted by Gasteiger charge is -2.38. The summed E-state index contributed by atoms with van der Waals surface area (Å²) in [6.07, 6.45) is 21.4. The van der Waals surface area contributed by atoms with E-state index in [1.165, 1.54) is 44.7 Å². The number of rotatable bonds is 26. The lowest BCUT2D eigenvalue weighted by atomic mass is 9.84. The summed E-state index contributed by atoms with van der Waals surface area (Å²) in [5.41, 5.74) is 23.8. The van der Waals surface area contributed by atoms with Crippen LogP contribution in [0.2, 0.25) is 0 Å². The van der Waals surface area contributed by atoms with Gasteiger partial charge in [0.25, 0.3) is 0 Å². The number of piperidine rings is 1. The van der Waals surface area contributed by atoms with Gasteiger partial charge < -0.3 is 69.1 Å². The summed E-state index contributed by atoms with van der Waals surface area (Å²) < 4.78 is 27.6. The summed E-state index contributed by atoms with van der Waals surface area (Å²) in [4.78, 5) is 130. The van der Waals surface area contributed by atoms with Crippen LogP contribution in [0.1, 0.15) is 147 Å². The molecule has 0 bridgehead atoms. The van der Waals surface area contributed by atoms with Crippen LogP contribution < -0.4 is 27.0 Å². The second kappa shape index (κ2) is 47.1. The minimum atomic E-state index is -0.430. The molecule has 31 heteroatoms. The van der Waals surface area contributed by atoms with Crippen molar-refractivity contribution in [2.45, 2.75) is 167 Å². The summed E-state index contributed by atoms with van der Waals surface area (Å²) in [6, 6.07) is 56.7. The lowest BCUT2D eigenvalue weighted by Crippen LogP contribution is -2.52. The maximum atomic E-state index is 12.7. The second-order valence-corrected chi connectivity index (χ2v) is 37.5. The highest BCUT2D eigenvalue weighted by Gasteiger charge is 2.36. The number of carbonyl (C=O) groups excluding carboxylic acids is 7. The van der Waals surface area contributed by atoms with Crippen LogP contribution in [0, 0.1) is 19.8 Å². The Labute approximate surface area is 797 Å². The Morgan fingerprint density at radius 2 is 1.01 bits per heavy atom. The van der Waals surface area contributed by atoms with E-state index in [2.05, 4.69) is 86.4 Å². The van der Waals surface area contributed by atoms with E-state index in [-0.39, 0.29) is 73.0 Å². The van der Waals surface area contributed by atoms with Gasteiger partial charge in [0.15, 0.2) is 22.3 Å². The summed E-state index contributed by atoms with van der Waals surface area (Å²) >= 11 is 3.36. The first-order chi connectivity index (χ1) is 66.3. The van der Waals surface area contributed by atoms with E-state index >= 15 is 0 Å². The van der Waals surface area contributed by atoms with Crippen LogP contribution >= 0.6 is 22.7 Å². The molecule has 0 spiro atoms. The minimum Gasteiger partial charge on any atom is -0.440 e. The zero-order chi connectivity index (χ0) is 94.1. The van der Waals surface area contributed by atoms with Crippen LogP contribution in [0.5, 0.6) is 0 Å². The summed E-state index contributed by atoms with van der Waals surface area (Å²) in [5, 5.41) is 14.6. The number of fused-ring (bicyclic) bond motifs is 9. The third-order valence-corrected chi connectivity index (χ3v) is 27.2. The molecule has 6 aliphatic rings. The number of pyridine rings is 1. The van der Waals surface area contributed by atoms with Gasteiger partial charge in [-0.05, 0) is 210 Å². The Morgan fingerprint density at radius 1 is 0.507 bits per heavy atom. The van der Waals surface area contributed by atoms with E-state index in [4.69, 9.17) is 38.1 Å². The van der Waals surface area contributed by atoms with Gasteiger partial charge >= 0.3 is 0 Å². The first-order valence-corrected chi connectivity index (χ1v) is 48.9. The molecular formula is C105H117N17O12S2. The van der Waals surface area contributed by atoms with Gasteiger partial charge in [-0.3, -0.25) is 43.4 Å². The molecule has 136 heavy (non-hydrogen) atoms. The van der Waals surface area contributed by atoms with Crippen LogP contribution in [-0.2, 0) is 116 Å². The molecule has 4 fully saturated rings. The first-order valence-electron chi connectivity index (χ1n) is 47.2. The number of H-pyrrole nitrogens is 1. The van der Waals surface area contributed by atoms with Crippen molar-refractivity contribution in [1.29, 1.82) is 0 Å². The molecule has 3 saturated heterocycles. The number of nitrogens with one attached hydrogen (secondary N) is 5. The zero-order valence-corrected chi connectivity index (χ0v) is 78.9. The van der Waals surface area contributed by atoms with Crippen LogP contribution in [-0.4, -0.2) is 192 Å². The van der Waals surface area contributed by atoms with E-state index in [0.717, 1.165) is 213 Å². The molecule has 21 rings (SSSR count). The predicted molar refractivity (Wildman–Crippen MR) is 525 cm³/mol. The van der Waals surface area contributed by atoms with Crippen molar-refractivity contribution in [1.82, 2.24) is 80.7 Å². The summed E-state index contributed by atoms with van der Waals surface area (Å²) in [6.45, 7) is 14.5. The molecule has 2 unspecified atom stereocenters. The number of hydrogen-bond acceptors (Lipinski definition) is 23. The topological polar surface area (TPSA) is 374 Å². The highest BCUT2D eigenvalue weighted by Crippen LogP contribution is 2.40. The number of morpholine rings is 1. The number of likely N-dealkylation sites (tertiary alicyclic amines) is 2. The van der Waals surface area contributed by atoms with Crippen molar-refractivity contribution in [2.75, 3.05) is 79.2 Å². The predicted octanol–water partition coefficient (Wildman–Crippen LogP) is 14.8. The molecular weight excluding hydrogens is 1760 g/mol. The number of para-hydroxylation sites is 5. The Hall–Kier alpha value is -13.5. The average Bonchev–Trinajstić information content (AvgIpc) is 1.62. The average molecular weight is 1870 g/mol. The maximum absolute atomic E-state index is 12.7. The third-order valence-electron chi connectivity index (χ3n) is 25.1. The molecule has 29 nitrogen and oxygen atoms in total. The molecule has 706 valence electrons. The number of nitrogens with zero attached hydrogens (tertiary/aromatic N) is 11. The quantitative estimate of drug-likeness (QED) is 0.0274. The number of likely N-dealkylation sites (N-methyl/N-ethyl adjacent to an activating group) is 1. The minimum absolute atomic E-state index is 0.0461. The molecule has 15 aromatic rings. The Morgan fingerprint density at radius 3 is 1.60 bits per heavy atom. The SMILES string of the molecule is CN(C(=O)C(N)C1CCc2nc(CC(=O)N3CCCC3)sc2C1)C1CCC1.Cc1ccc2oc(CC(=O)NCCCN3CCOCC3)nc2c1.Cc1ccc2oc(CC(=O)NCc3ccccc3)nc2c1.O=C(Cc1nc2c(s1)Cc1ccccc1-2)N1CCCCC1.O=C(Cc1nc2ccccc2o1)NCCc1c[nH]c2ccccc12.O=C(Cc1nc2ccccc2o1)NCc1ccncc1. The fourth-order valence-corrected chi connectivity index (χ4v) is 19.6. The van der Waals surface area contributed by atoms with Crippen LogP contribution in [0.4, 0.5) is 0 Å². The first kappa shape index (κ1) is 95.7. The van der Waals surface area contributed by atoms with Crippen molar-refractivity contribution in [3.63, 3.8) is 0 Å². The van der Waals surface area contributed by atoms with Crippen LogP contribution in [0.25, 0.3) is 66.6 Å². The lowest BCUT2D eigenvalue weighted by molar-refractivity contribution is -0.136. The standard InChI is InChI=1S/C20H30N4O2S.C19H17N3O2.C17H23N3O3.C17H16N2O2.C17H18N2OS.C15H13N3O2/c1-23(14-5-4-6-14)20(26)19(21)13-7-8-15-16(11-13)27-17(22-15)12-18(25)24-9-2-3-10-24;23-18(11-19-22-16-7-3-4-8-17(16)24-19)20-10-9-13-12-21-15-6-2-1-5-14(13)15;1-13-3-4-15-14(11-13)19-17(23-15)12-16(21)18-5-2-6-20-7-9-22-10-8-20;1-12-7-8-15-14(9-12)19-17(21-15)10-16(20)18-11-13-5-3-2-4-6-13;20-16(19-8-4-1-5-9-19)11-15-18-17-13-7-3-2-6-12(13)10-14(17)21-15;19-14(17-10-11-5-7-16-8-6-11)9-15-18-12-3-1-2-4-13(12)20-15/h13-14,19H,2-12,21H2,1H3;1-8,12,21H,9-11H2,(H,20,23);3-4,11H,2,5-10,12H2,1H3,(H,18,21);2-9H,10-11H2,1H3,(H,18,20);2-3,6-7H,1,4-5,8-11H2;1-8H,9-10H2,(H,17,19). The molecule has 7 amide bonds. The van der Waals surface area contributed by atoms with Gasteiger partial charge in [-0.2, -0.15) is 0 Å². The number of hydrogen-bond donors (Lipinski definition) is 6. The molecule has 2 atom stereocenters. The number of ether oxygens (including phenoxy) is 1. The molecule has 1 saturated carbocycles. The van der Waals surface area contributed by atoms with Crippen molar-refractivity contribution >= 4 is 119 Å². The number of amides is 7. The molecule has 3 aliphatic carbocycles. The van der Waals surface area contributed by atoms with E-state index in [9.17, 15) is 33.6 Å². The van der Waals surface area contributed by atoms with Gasteiger partial charge in [-0.15, -0.1) is 22.7 Å². The second-order valence-electron chi connectivity index (χ2n) is 35.2. The Balaban J connectivity index is 0.000000119. The summed E-state index contributed by atoms with van der Waals surface area (Å²) in [5.74, 6) is 2.15. The number of aromatic amines is 1. The van der Waals surface area contributed by atoms with Crippen LogP contribution in [0.3, 0.4) is 0 Å². The van der Waals surface area contributed by atoms with Gasteiger partial charge in [0.05, 0.1) is 43.5 Å². The molecule has 7 N–H and O–H groups in total. The maximum Gasteiger partial charge on any atom is 0.239 e. The van der Waals surface area contributed by atoms with E-state index < -0.39 is 6.04 Å². The van der Waals surface area contributed by atoms with Crippen molar-refractivity contribution in [3.05, 3.63) is 277 Å². The van der Waals surface area contributed by atoms with Gasteiger partial charge in [0.1, 0.15) is 57.8 Å². The molecule has 8 aromatic heterocycles. The van der Waals surface area contributed by atoms with E-state index in [1.807, 2.05) is 187 Å². The van der Waals surface area contributed by atoms with Gasteiger partial charge in [-0.25, -0.2) is 29.9 Å². The molecule has 7 aromatic carbocycles. The fraction of sp³-hybridized carbons (Fsp3) is 0.371. The number of thiazole rings is 2. The van der Waals surface area contributed by atoms with Crippen LogP contribution in [0.15, 0.2) is 212 Å². The highest BCUT2D eigenvalue weighted by atomic mass is 32.1. The summed E-state index contributed by atoms with van der Waals surface area (Å²) in [7, 11) is 1.90. The van der Waals surface area contributed by atoms with Crippen molar-refractivity contribution < 1.29 is 56.0 Å². The number of carbonyl (C=O) groups is 7. The zero-order valence-electron chi connectivity index (χ0n) is 77.3. The van der Waals surface area contributed by atoms with Crippen molar-refractivity contribution in [2.24, 2.45) is 11.7 Å². The van der Waals surface area contributed by atoms with E-state index in [1.54, 1.807) is 35.1 Å². The van der Waals surface area contributed by atoms with Gasteiger partial charge in [-0.1, -0.05) is 109 Å². The highest BCUT2D eigenvalue weighted by molar-refractivity contribution is 7.12. The van der Waals surface area contributed by atoms with E-state index in [0.29, 0.717) is 85.4 Å². The fourth-order valence-electron chi connectivity index (χ4n) is 17.3. The number of oxazole rings is 4. The number of benzene rings is 7. The Bertz CT molecular complexity index is 6490.